The monoisotopic (exact) mass is 399 g/mol. The number of sulfone groups is 1. The second-order valence-corrected chi connectivity index (χ2v) is 8.46. The van der Waals surface area contributed by atoms with Gasteiger partial charge in [-0.2, -0.15) is 5.10 Å². The van der Waals surface area contributed by atoms with E-state index in [4.69, 9.17) is 4.84 Å². The highest BCUT2D eigenvalue weighted by Gasteiger charge is 2.20. The van der Waals surface area contributed by atoms with E-state index < -0.39 is 9.84 Å². The fourth-order valence-corrected chi connectivity index (χ4v) is 3.32. The molecule has 0 saturated heterocycles. The molecule has 28 heavy (non-hydrogen) atoms. The van der Waals surface area contributed by atoms with Crippen molar-refractivity contribution in [1.29, 1.82) is 0 Å². The van der Waals surface area contributed by atoms with Crippen LogP contribution >= 0.6 is 0 Å². The summed E-state index contributed by atoms with van der Waals surface area (Å²) < 4.78 is 25.1. The highest BCUT2D eigenvalue weighted by Crippen LogP contribution is 2.26. The van der Waals surface area contributed by atoms with Crippen LogP contribution in [0.25, 0.3) is 16.9 Å². The zero-order valence-corrected chi connectivity index (χ0v) is 16.9. The number of aryl methyl sites for hydroxylation is 1. The predicted octanol–water partition coefficient (Wildman–Crippen LogP) is 2.88. The van der Waals surface area contributed by atoms with Gasteiger partial charge < -0.3 is 0 Å². The first-order valence-corrected chi connectivity index (χ1v) is 10.4. The molecule has 0 radical (unpaired) electrons. The maximum atomic E-state index is 12.5. The Hall–Kier alpha value is -2.97. The third-order valence-corrected chi connectivity index (χ3v) is 5.47. The fraction of sp³-hybridized carbons (Fsp3) is 0.200. The van der Waals surface area contributed by atoms with Gasteiger partial charge in [0.15, 0.2) is 15.5 Å². The minimum absolute atomic E-state index is 0.215. The maximum absolute atomic E-state index is 12.5. The van der Waals surface area contributed by atoms with Crippen LogP contribution in [0.2, 0.25) is 0 Å². The van der Waals surface area contributed by atoms with Crippen LogP contribution in [0.1, 0.15) is 16.1 Å². The maximum Gasteiger partial charge on any atom is 0.297 e. The van der Waals surface area contributed by atoms with Crippen LogP contribution in [0.4, 0.5) is 0 Å². The van der Waals surface area contributed by atoms with Crippen LogP contribution in [0.3, 0.4) is 0 Å². The average Bonchev–Trinajstić information content (AvgIpc) is 3.12. The summed E-state index contributed by atoms with van der Waals surface area (Å²) in [6, 6.07) is 15.9. The molecule has 0 spiro atoms. The van der Waals surface area contributed by atoms with Crippen LogP contribution in [-0.2, 0) is 14.7 Å². The smallest absolute Gasteiger partial charge is 0.274 e. The van der Waals surface area contributed by atoms with Crippen LogP contribution in [0, 0.1) is 6.92 Å². The molecule has 0 N–H and O–H groups in total. The Morgan fingerprint density at radius 3 is 2.21 bits per heavy atom. The molecule has 7 nitrogen and oxygen atoms in total. The van der Waals surface area contributed by atoms with Gasteiger partial charge in [0.25, 0.3) is 5.91 Å². The van der Waals surface area contributed by atoms with Gasteiger partial charge in [-0.25, -0.2) is 18.2 Å². The molecule has 0 bridgehead atoms. The van der Waals surface area contributed by atoms with E-state index >= 15 is 0 Å². The standard InChI is InChI=1S/C20H21N3O4S/c1-14-5-7-15(8-6-14)19-13-18(20(24)22(2)27-3)21-23(19)16-9-11-17(12-10-16)28(4,25)26/h5-13H,1-4H3. The van der Waals surface area contributed by atoms with E-state index in [0.717, 1.165) is 22.4 Å². The Bertz CT molecular complexity index is 1100. The van der Waals surface area contributed by atoms with Crippen molar-refractivity contribution in [2.75, 3.05) is 20.4 Å². The number of hydroxylamine groups is 2. The number of hydrogen-bond donors (Lipinski definition) is 0. The second kappa shape index (κ2) is 7.57. The van der Waals surface area contributed by atoms with Gasteiger partial charge in [-0.1, -0.05) is 29.8 Å². The molecule has 0 aliphatic carbocycles. The van der Waals surface area contributed by atoms with Gasteiger partial charge in [0, 0.05) is 18.9 Å². The molecule has 0 atom stereocenters. The molecule has 0 saturated carbocycles. The number of hydrogen-bond acceptors (Lipinski definition) is 5. The van der Waals surface area contributed by atoms with Crippen LogP contribution in [0.5, 0.6) is 0 Å². The van der Waals surface area contributed by atoms with Gasteiger partial charge in [-0.05, 0) is 37.3 Å². The lowest BCUT2D eigenvalue weighted by atomic mass is 10.1. The number of amides is 1. The molecule has 1 amide bonds. The van der Waals surface area contributed by atoms with Crippen molar-refractivity contribution in [1.82, 2.24) is 14.8 Å². The lowest BCUT2D eigenvalue weighted by molar-refractivity contribution is -0.0760. The summed E-state index contributed by atoms with van der Waals surface area (Å²) in [5, 5.41) is 5.53. The number of carbonyl (C=O) groups excluding carboxylic acids is 1. The first-order valence-electron chi connectivity index (χ1n) is 8.50. The Morgan fingerprint density at radius 2 is 1.68 bits per heavy atom. The third-order valence-electron chi connectivity index (χ3n) is 4.35. The third kappa shape index (κ3) is 3.97. The summed E-state index contributed by atoms with van der Waals surface area (Å²) in [7, 11) is -0.388. The SMILES string of the molecule is CON(C)C(=O)c1cc(-c2ccc(C)cc2)n(-c2ccc(S(C)(=O)=O)cc2)n1. The van der Waals surface area contributed by atoms with Gasteiger partial charge in [0.2, 0.25) is 0 Å². The summed E-state index contributed by atoms with van der Waals surface area (Å²) in [5.74, 6) is -0.387. The summed E-state index contributed by atoms with van der Waals surface area (Å²) in [4.78, 5) is 17.7. The van der Waals surface area contributed by atoms with Crippen LogP contribution in [0.15, 0.2) is 59.5 Å². The zero-order chi connectivity index (χ0) is 20.5. The van der Waals surface area contributed by atoms with E-state index in [1.54, 1.807) is 22.9 Å². The van der Waals surface area contributed by atoms with Gasteiger partial charge >= 0.3 is 0 Å². The molecular formula is C20H21N3O4S. The first kappa shape index (κ1) is 19.8. The van der Waals surface area contributed by atoms with E-state index in [2.05, 4.69) is 5.10 Å². The van der Waals surface area contributed by atoms with Crippen LogP contribution in [-0.4, -0.2) is 49.6 Å². The van der Waals surface area contributed by atoms with Gasteiger partial charge in [0.05, 0.1) is 23.4 Å². The molecular weight excluding hydrogens is 378 g/mol. The molecule has 3 rings (SSSR count). The molecule has 146 valence electrons. The molecule has 3 aromatic rings. The number of aromatic nitrogens is 2. The van der Waals surface area contributed by atoms with Gasteiger partial charge in [-0.3, -0.25) is 9.63 Å². The van der Waals surface area contributed by atoms with Crippen molar-refractivity contribution in [2.24, 2.45) is 0 Å². The molecule has 2 aromatic carbocycles. The highest BCUT2D eigenvalue weighted by molar-refractivity contribution is 7.90. The zero-order valence-electron chi connectivity index (χ0n) is 16.1. The molecule has 8 heteroatoms. The number of carbonyl (C=O) groups is 1. The molecule has 0 aliphatic heterocycles. The normalized spacial score (nSPS) is 11.4. The predicted molar refractivity (Wildman–Crippen MR) is 106 cm³/mol. The molecule has 0 aliphatic rings. The van der Waals surface area contributed by atoms with E-state index in [9.17, 15) is 13.2 Å². The Morgan fingerprint density at radius 1 is 1.07 bits per heavy atom. The average molecular weight is 399 g/mol. The van der Waals surface area contributed by atoms with Crippen LogP contribution < -0.4 is 0 Å². The molecule has 0 unspecified atom stereocenters. The second-order valence-electron chi connectivity index (χ2n) is 6.44. The highest BCUT2D eigenvalue weighted by atomic mass is 32.2. The Kier molecular flexibility index (Phi) is 5.35. The Labute approximate surface area is 164 Å². The first-order chi connectivity index (χ1) is 13.2. The summed E-state index contributed by atoms with van der Waals surface area (Å²) in [6.07, 6.45) is 1.16. The Balaban J connectivity index is 2.14. The summed E-state index contributed by atoms with van der Waals surface area (Å²) in [5.41, 5.74) is 3.56. The van der Waals surface area contributed by atoms with Crippen molar-refractivity contribution >= 4 is 15.7 Å². The molecule has 1 heterocycles. The van der Waals surface area contributed by atoms with Gasteiger partial charge in [-0.15, -0.1) is 0 Å². The summed E-state index contributed by atoms with van der Waals surface area (Å²) in [6.45, 7) is 1.99. The largest absolute Gasteiger partial charge is 0.297 e. The van der Waals surface area contributed by atoms with E-state index in [0.29, 0.717) is 11.4 Å². The van der Waals surface area contributed by atoms with Crippen molar-refractivity contribution in [3.8, 4) is 16.9 Å². The van der Waals surface area contributed by atoms with E-state index in [-0.39, 0.29) is 16.5 Å². The number of rotatable bonds is 5. The lowest BCUT2D eigenvalue weighted by Crippen LogP contribution is -2.25. The molecule has 0 fully saturated rings. The minimum atomic E-state index is -3.30. The van der Waals surface area contributed by atoms with E-state index in [1.807, 2.05) is 31.2 Å². The fourth-order valence-electron chi connectivity index (χ4n) is 2.69. The van der Waals surface area contributed by atoms with E-state index in [1.165, 1.54) is 26.3 Å². The number of benzene rings is 2. The van der Waals surface area contributed by atoms with Crippen molar-refractivity contribution in [3.05, 3.63) is 65.9 Å². The van der Waals surface area contributed by atoms with Gasteiger partial charge in [0.1, 0.15) is 0 Å². The minimum Gasteiger partial charge on any atom is -0.274 e. The number of nitrogens with zero attached hydrogens (tertiary/aromatic N) is 3. The summed E-state index contributed by atoms with van der Waals surface area (Å²) >= 11 is 0. The van der Waals surface area contributed by atoms with Crippen molar-refractivity contribution in [3.63, 3.8) is 0 Å². The van der Waals surface area contributed by atoms with Crippen molar-refractivity contribution < 1.29 is 18.0 Å². The lowest BCUT2D eigenvalue weighted by Gasteiger charge is -2.11. The topological polar surface area (TPSA) is 81.5 Å². The molecule has 1 aromatic heterocycles. The quantitative estimate of drug-likeness (QED) is 0.616. The van der Waals surface area contributed by atoms with Crippen molar-refractivity contribution in [2.45, 2.75) is 11.8 Å².